The summed E-state index contributed by atoms with van der Waals surface area (Å²) in [7, 11) is 4.85. The maximum atomic E-state index is 5.60. The van der Waals surface area contributed by atoms with Crippen molar-refractivity contribution in [2.75, 3.05) is 26.6 Å². The van der Waals surface area contributed by atoms with Gasteiger partial charge in [0, 0.05) is 28.4 Å². The Labute approximate surface area is 175 Å². The molecule has 0 amide bonds. The minimum atomic E-state index is -0.190. The molecule has 1 atom stereocenters. The van der Waals surface area contributed by atoms with Crippen LogP contribution < -0.4 is 19.5 Å². The number of hydrogen-bond acceptors (Lipinski definition) is 5. The maximum Gasteiger partial charge on any atom is 0.203 e. The molecule has 0 bridgehead atoms. The molecule has 0 aliphatic rings. The summed E-state index contributed by atoms with van der Waals surface area (Å²) in [5.74, 6) is 2.56. The Hall–Kier alpha value is -3.67. The second kappa shape index (κ2) is 8.37. The number of para-hydroxylation sites is 1. The first-order chi connectivity index (χ1) is 14.7. The van der Waals surface area contributed by atoms with Crippen LogP contribution in [0.5, 0.6) is 17.2 Å². The molecule has 2 aromatic carbocycles. The van der Waals surface area contributed by atoms with Gasteiger partial charge in [0.05, 0.1) is 27.4 Å². The van der Waals surface area contributed by atoms with Gasteiger partial charge >= 0.3 is 0 Å². The molecule has 4 rings (SSSR count). The van der Waals surface area contributed by atoms with Gasteiger partial charge in [-0.1, -0.05) is 24.3 Å². The van der Waals surface area contributed by atoms with Crippen LogP contribution >= 0.6 is 0 Å². The predicted octanol–water partition coefficient (Wildman–Crippen LogP) is 5.10. The molecular weight excluding hydrogens is 378 g/mol. The summed E-state index contributed by atoms with van der Waals surface area (Å²) in [4.78, 5) is 7.97. The first kappa shape index (κ1) is 19.6. The van der Waals surface area contributed by atoms with Gasteiger partial charge in [-0.15, -0.1) is 0 Å². The van der Waals surface area contributed by atoms with E-state index in [1.54, 1.807) is 27.5 Å². The molecule has 0 saturated heterocycles. The van der Waals surface area contributed by atoms with E-state index in [0.717, 1.165) is 33.5 Å². The van der Waals surface area contributed by atoms with Crippen molar-refractivity contribution >= 4 is 16.7 Å². The van der Waals surface area contributed by atoms with Crippen LogP contribution in [0.1, 0.15) is 22.9 Å². The highest BCUT2D eigenvalue weighted by Gasteiger charge is 2.24. The Balaban J connectivity index is 1.93. The standard InChI is InChI=1S/C24H25N3O3/c1-15-22(17-9-5-6-10-18(17)26-15)23(27-21-11-7-8-12-25-21)16-13-19(28-2)24(30-4)20(14-16)29-3/h5-14,23,26H,1-4H3,(H,25,27)/t23-/m0/s1. The molecule has 0 saturated carbocycles. The van der Waals surface area contributed by atoms with E-state index in [-0.39, 0.29) is 6.04 Å². The van der Waals surface area contributed by atoms with E-state index < -0.39 is 0 Å². The highest BCUT2D eigenvalue weighted by atomic mass is 16.5. The van der Waals surface area contributed by atoms with Crippen LogP contribution in [0.25, 0.3) is 10.9 Å². The Bertz CT molecular complexity index is 1130. The Morgan fingerprint density at radius 1 is 0.900 bits per heavy atom. The van der Waals surface area contributed by atoms with Gasteiger partial charge in [0.25, 0.3) is 0 Å². The lowest BCUT2D eigenvalue weighted by molar-refractivity contribution is 0.323. The van der Waals surface area contributed by atoms with Gasteiger partial charge in [-0.25, -0.2) is 4.98 Å². The number of nitrogens with one attached hydrogen (secondary N) is 2. The number of anilines is 1. The highest BCUT2D eigenvalue weighted by molar-refractivity contribution is 5.86. The summed E-state index contributed by atoms with van der Waals surface area (Å²) in [6.07, 6.45) is 1.77. The number of methoxy groups -OCH3 is 3. The van der Waals surface area contributed by atoms with Gasteiger partial charge < -0.3 is 24.5 Å². The van der Waals surface area contributed by atoms with Crippen LogP contribution in [0.3, 0.4) is 0 Å². The molecule has 0 fully saturated rings. The molecule has 6 heteroatoms. The molecule has 2 aromatic heterocycles. The Morgan fingerprint density at radius 2 is 1.60 bits per heavy atom. The van der Waals surface area contributed by atoms with Gasteiger partial charge in [-0.2, -0.15) is 0 Å². The third kappa shape index (κ3) is 3.52. The number of H-pyrrole nitrogens is 1. The van der Waals surface area contributed by atoms with E-state index in [0.29, 0.717) is 17.2 Å². The molecular formula is C24H25N3O3. The van der Waals surface area contributed by atoms with Crippen molar-refractivity contribution in [2.45, 2.75) is 13.0 Å². The number of fused-ring (bicyclic) bond motifs is 1. The lowest BCUT2D eigenvalue weighted by atomic mass is 9.95. The molecule has 30 heavy (non-hydrogen) atoms. The maximum absolute atomic E-state index is 5.60. The molecule has 2 N–H and O–H groups in total. The zero-order chi connectivity index (χ0) is 21.1. The number of aromatic nitrogens is 2. The highest BCUT2D eigenvalue weighted by Crippen LogP contribution is 2.43. The predicted molar refractivity (Wildman–Crippen MR) is 119 cm³/mol. The van der Waals surface area contributed by atoms with Crippen LogP contribution in [0.4, 0.5) is 5.82 Å². The lowest BCUT2D eigenvalue weighted by Gasteiger charge is -2.23. The van der Waals surface area contributed by atoms with Crippen molar-refractivity contribution in [3.63, 3.8) is 0 Å². The molecule has 2 heterocycles. The van der Waals surface area contributed by atoms with Crippen molar-refractivity contribution < 1.29 is 14.2 Å². The fraction of sp³-hybridized carbons (Fsp3) is 0.208. The molecule has 0 unspecified atom stereocenters. The number of rotatable bonds is 7. The lowest BCUT2D eigenvalue weighted by Crippen LogP contribution is -2.14. The molecule has 0 aliphatic heterocycles. The number of aryl methyl sites for hydroxylation is 1. The zero-order valence-electron chi connectivity index (χ0n) is 17.5. The number of ether oxygens (including phenoxy) is 3. The number of aromatic amines is 1. The van der Waals surface area contributed by atoms with E-state index in [4.69, 9.17) is 14.2 Å². The minimum Gasteiger partial charge on any atom is -0.493 e. The van der Waals surface area contributed by atoms with Crippen molar-refractivity contribution in [3.05, 3.63) is 77.6 Å². The quantitative estimate of drug-likeness (QED) is 0.449. The van der Waals surface area contributed by atoms with E-state index in [9.17, 15) is 0 Å². The van der Waals surface area contributed by atoms with E-state index in [1.807, 2.05) is 42.5 Å². The van der Waals surface area contributed by atoms with Gasteiger partial charge in [0.15, 0.2) is 11.5 Å². The topological polar surface area (TPSA) is 68.4 Å². The van der Waals surface area contributed by atoms with Crippen LogP contribution in [0, 0.1) is 6.92 Å². The average molecular weight is 403 g/mol. The fourth-order valence-electron chi connectivity index (χ4n) is 3.86. The normalized spacial score (nSPS) is 11.9. The number of pyridine rings is 1. The van der Waals surface area contributed by atoms with Gasteiger partial charge in [-0.05, 0) is 42.8 Å². The summed E-state index contributed by atoms with van der Waals surface area (Å²) in [6, 6.07) is 17.9. The van der Waals surface area contributed by atoms with Crippen LogP contribution in [-0.2, 0) is 0 Å². The second-order valence-electron chi connectivity index (χ2n) is 6.96. The summed E-state index contributed by atoms with van der Waals surface area (Å²) >= 11 is 0. The second-order valence-corrected chi connectivity index (χ2v) is 6.96. The largest absolute Gasteiger partial charge is 0.493 e. The summed E-state index contributed by atoms with van der Waals surface area (Å²) in [6.45, 7) is 2.08. The van der Waals surface area contributed by atoms with E-state index in [2.05, 4.69) is 34.3 Å². The SMILES string of the molecule is COc1cc([C@H](Nc2ccccn2)c2c(C)[nH]c3ccccc23)cc(OC)c1OC. The third-order valence-corrected chi connectivity index (χ3v) is 5.21. The summed E-state index contributed by atoms with van der Waals surface area (Å²) in [5.41, 5.74) is 4.29. The van der Waals surface area contributed by atoms with Crippen molar-refractivity contribution in [2.24, 2.45) is 0 Å². The monoisotopic (exact) mass is 403 g/mol. The molecule has 0 radical (unpaired) electrons. The van der Waals surface area contributed by atoms with Gasteiger partial charge in [-0.3, -0.25) is 0 Å². The van der Waals surface area contributed by atoms with Crippen LogP contribution in [0.2, 0.25) is 0 Å². The molecule has 0 spiro atoms. The van der Waals surface area contributed by atoms with E-state index >= 15 is 0 Å². The molecule has 4 aromatic rings. The molecule has 154 valence electrons. The van der Waals surface area contributed by atoms with Crippen LogP contribution in [-0.4, -0.2) is 31.3 Å². The minimum absolute atomic E-state index is 0.190. The summed E-state index contributed by atoms with van der Waals surface area (Å²) in [5, 5.41) is 4.74. The summed E-state index contributed by atoms with van der Waals surface area (Å²) < 4.78 is 16.7. The van der Waals surface area contributed by atoms with Crippen LogP contribution in [0.15, 0.2) is 60.8 Å². The average Bonchev–Trinajstić information content (AvgIpc) is 3.12. The number of nitrogens with zero attached hydrogens (tertiary/aromatic N) is 1. The fourth-order valence-corrected chi connectivity index (χ4v) is 3.86. The zero-order valence-corrected chi connectivity index (χ0v) is 17.5. The van der Waals surface area contributed by atoms with E-state index in [1.165, 1.54) is 0 Å². The van der Waals surface area contributed by atoms with Crippen molar-refractivity contribution in [1.29, 1.82) is 0 Å². The van der Waals surface area contributed by atoms with Gasteiger partial charge in [0.2, 0.25) is 5.75 Å². The number of benzene rings is 2. The Kier molecular flexibility index (Phi) is 5.48. The van der Waals surface area contributed by atoms with Crippen molar-refractivity contribution in [1.82, 2.24) is 9.97 Å². The molecule has 0 aliphatic carbocycles. The smallest absolute Gasteiger partial charge is 0.203 e. The number of hydrogen-bond donors (Lipinski definition) is 2. The first-order valence-electron chi connectivity index (χ1n) is 9.71. The van der Waals surface area contributed by atoms with Crippen molar-refractivity contribution in [3.8, 4) is 17.2 Å². The Morgan fingerprint density at radius 3 is 2.23 bits per heavy atom. The third-order valence-electron chi connectivity index (χ3n) is 5.21. The molecule has 6 nitrogen and oxygen atoms in total. The van der Waals surface area contributed by atoms with Gasteiger partial charge in [0.1, 0.15) is 5.82 Å². The first-order valence-corrected chi connectivity index (χ1v) is 9.71.